The summed E-state index contributed by atoms with van der Waals surface area (Å²) in [4.78, 5) is 26.0. The molecule has 14 heteroatoms. The lowest BCUT2D eigenvalue weighted by atomic mass is 10.0. The molecular formula is C22H40N6O7S. The molecule has 0 spiro atoms. The molecule has 2 aliphatic rings. The zero-order chi connectivity index (χ0) is 25.7. The van der Waals surface area contributed by atoms with Gasteiger partial charge >= 0.3 is 6.03 Å². The SMILES string of the molecule is [N-]=[N+]=NCCOCCOCCOCCOCCOCCNC(=O)CCCCC1SCC2NC(=O)NC21. The number of fused-ring (bicyclic) bond motifs is 1. The van der Waals surface area contributed by atoms with E-state index in [1.54, 1.807) is 0 Å². The molecule has 0 radical (unpaired) electrons. The molecule has 2 heterocycles. The van der Waals surface area contributed by atoms with Crippen molar-refractivity contribution in [2.45, 2.75) is 43.0 Å². The van der Waals surface area contributed by atoms with Gasteiger partial charge in [-0.15, -0.1) is 0 Å². The van der Waals surface area contributed by atoms with Crippen molar-refractivity contribution in [2.24, 2.45) is 5.11 Å². The molecule has 0 aromatic rings. The number of nitrogens with one attached hydrogen (secondary N) is 3. The van der Waals surface area contributed by atoms with Gasteiger partial charge in [-0.3, -0.25) is 4.79 Å². The van der Waals surface area contributed by atoms with Crippen LogP contribution in [-0.4, -0.2) is 114 Å². The second-order valence-electron chi connectivity index (χ2n) is 8.23. The Morgan fingerprint density at radius 3 is 2.19 bits per heavy atom. The van der Waals surface area contributed by atoms with E-state index in [1.807, 2.05) is 11.8 Å². The van der Waals surface area contributed by atoms with Crippen molar-refractivity contribution in [3.05, 3.63) is 10.4 Å². The number of nitrogens with zero attached hydrogens (tertiary/aromatic N) is 3. The Morgan fingerprint density at radius 2 is 1.56 bits per heavy atom. The van der Waals surface area contributed by atoms with Crippen molar-refractivity contribution in [1.29, 1.82) is 0 Å². The second-order valence-corrected chi connectivity index (χ2v) is 9.51. The van der Waals surface area contributed by atoms with Gasteiger partial charge in [-0.25, -0.2) is 4.79 Å². The quantitative estimate of drug-likeness (QED) is 0.0581. The van der Waals surface area contributed by atoms with Crippen LogP contribution in [0.2, 0.25) is 0 Å². The third kappa shape index (κ3) is 14.1. The molecule has 2 fully saturated rings. The first-order valence-corrected chi connectivity index (χ1v) is 13.6. The number of amides is 3. The van der Waals surface area contributed by atoms with Crippen LogP contribution in [0.15, 0.2) is 5.11 Å². The molecule has 36 heavy (non-hydrogen) atoms. The van der Waals surface area contributed by atoms with E-state index in [1.165, 1.54) is 0 Å². The van der Waals surface area contributed by atoms with Crippen LogP contribution in [0.4, 0.5) is 4.79 Å². The summed E-state index contributed by atoms with van der Waals surface area (Å²) in [6.07, 6.45) is 3.35. The highest BCUT2D eigenvalue weighted by Gasteiger charge is 2.42. The third-order valence-corrected chi connectivity index (χ3v) is 7.04. The molecule has 0 aromatic heterocycles. The number of ether oxygens (including phenoxy) is 5. The summed E-state index contributed by atoms with van der Waals surface area (Å²) < 4.78 is 26.8. The van der Waals surface area contributed by atoms with Crippen LogP contribution in [0.5, 0.6) is 0 Å². The molecule has 0 bridgehead atoms. The van der Waals surface area contributed by atoms with E-state index in [4.69, 9.17) is 29.2 Å². The Labute approximate surface area is 216 Å². The zero-order valence-corrected chi connectivity index (χ0v) is 21.7. The number of hydrogen-bond acceptors (Lipinski definition) is 9. The molecular weight excluding hydrogens is 492 g/mol. The summed E-state index contributed by atoms with van der Waals surface area (Å²) >= 11 is 1.90. The number of thioether (sulfide) groups is 1. The molecule has 3 atom stereocenters. The highest BCUT2D eigenvalue weighted by atomic mass is 32.2. The van der Waals surface area contributed by atoms with Gasteiger partial charge in [0.25, 0.3) is 0 Å². The van der Waals surface area contributed by atoms with E-state index in [2.05, 4.69) is 26.0 Å². The van der Waals surface area contributed by atoms with Crippen LogP contribution in [-0.2, 0) is 28.5 Å². The van der Waals surface area contributed by atoms with Gasteiger partial charge in [-0.05, 0) is 18.4 Å². The summed E-state index contributed by atoms with van der Waals surface area (Å²) in [6.45, 7) is 5.43. The summed E-state index contributed by atoms with van der Waals surface area (Å²) in [5, 5.41) is 12.6. The van der Waals surface area contributed by atoms with E-state index in [-0.39, 0.29) is 24.0 Å². The number of carbonyl (C=O) groups excluding carboxylic acids is 2. The van der Waals surface area contributed by atoms with Gasteiger partial charge in [0, 0.05) is 35.4 Å². The Bertz CT molecular complexity index is 671. The topological polar surface area (TPSA) is 165 Å². The van der Waals surface area contributed by atoms with Gasteiger partial charge in [-0.1, -0.05) is 11.5 Å². The van der Waals surface area contributed by atoms with Gasteiger partial charge < -0.3 is 39.6 Å². The van der Waals surface area contributed by atoms with Gasteiger partial charge in [0.05, 0.1) is 78.2 Å². The normalized spacial score (nSPS) is 20.4. The molecule has 3 amide bonds. The van der Waals surface area contributed by atoms with Crippen molar-refractivity contribution in [3.63, 3.8) is 0 Å². The van der Waals surface area contributed by atoms with Crippen molar-refractivity contribution < 1.29 is 33.3 Å². The molecule has 0 aromatic carbocycles. The van der Waals surface area contributed by atoms with Crippen molar-refractivity contribution in [3.8, 4) is 0 Å². The molecule has 3 N–H and O–H groups in total. The number of rotatable bonds is 23. The van der Waals surface area contributed by atoms with Gasteiger partial charge in [0.1, 0.15) is 0 Å². The fraction of sp³-hybridized carbons (Fsp3) is 0.909. The first-order chi connectivity index (χ1) is 17.7. The van der Waals surface area contributed by atoms with E-state index >= 15 is 0 Å². The van der Waals surface area contributed by atoms with Crippen molar-refractivity contribution in [1.82, 2.24) is 16.0 Å². The van der Waals surface area contributed by atoms with Crippen LogP contribution in [0.25, 0.3) is 10.4 Å². The van der Waals surface area contributed by atoms with E-state index in [0.29, 0.717) is 90.8 Å². The lowest BCUT2D eigenvalue weighted by molar-refractivity contribution is -0.121. The minimum absolute atomic E-state index is 0.0432. The molecule has 0 aliphatic carbocycles. The summed E-state index contributed by atoms with van der Waals surface area (Å²) in [6, 6.07) is 0.418. The summed E-state index contributed by atoms with van der Waals surface area (Å²) in [5.41, 5.74) is 8.12. The number of azide groups is 1. The maximum Gasteiger partial charge on any atom is 0.315 e. The van der Waals surface area contributed by atoms with Gasteiger partial charge in [0.2, 0.25) is 5.91 Å². The minimum Gasteiger partial charge on any atom is -0.379 e. The maximum absolute atomic E-state index is 11.9. The van der Waals surface area contributed by atoms with Gasteiger partial charge in [0.15, 0.2) is 0 Å². The Hall–Kier alpha value is -1.80. The zero-order valence-electron chi connectivity index (χ0n) is 20.9. The van der Waals surface area contributed by atoms with Crippen LogP contribution in [0.3, 0.4) is 0 Å². The van der Waals surface area contributed by atoms with Crippen LogP contribution in [0, 0.1) is 0 Å². The number of unbranched alkanes of at least 4 members (excludes halogenated alkanes) is 1. The average molecular weight is 533 g/mol. The standard InChI is InChI=1S/C22H40N6O7S/c23-28-25-6-8-32-10-12-34-14-16-35-15-13-33-11-9-31-7-5-24-20(29)4-2-1-3-19-21-18(17-36-19)26-22(30)27-21/h18-19,21H,1-17H2,(H,24,29)(H2,26,27,30). The highest BCUT2D eigenvalue weighted by molar-refractivity contribution is 8.00. The fourth-order valence-corrected chi connectivity index (χ4v) is 5.30. The second kappa shape index (κ2) is 20.3. The summed E-state index contributed by atoms with van der Waals surface area (Å²) in [5.74, 6) is 1.01. The predicted octanol–water partition coefficient (Wildman–Crippen LogP) is 1.22. The van der Waals surface area contributed by atoms with E-state index in [9.17, 15) is 9.59 Å². The lowest BCUT2D eigenvalue weighted by Crippen LogP contribution is -2.36. The molecule has 206 valence electrons. The molecule has 13 nitrogen and oxygen atoms in total. The third-order valence-electron chi connectivity index (χ3n) is 5.54. The predicted molar refractivity (Wildman–Crippen MR) is 135 cm³/mol. The Morgan fingerprint density at radius 1 is 0.944 bits per heavy atom. The van der Waals surface area contributed by atoms with Gasteiger partial charge in [-0.2, -0.15) is 11.8 Å². The molecule has 2 aliphatic heterocycles. The van der Waals surface area contributed by atoms with Crippen molar-refractivity contribution in [2.75, 3.05) is 84.9 Å². The number of urea groups is 1. The van der Waals surface area contributed by atoms with Crippen LogP contribution in [0.1, 0.15) is 25.7 Å². The largest absolute Gasteiger partial charge is 0.379 e. The molecule has 3 unspecified atom stereocenters. The molecule has 0 saturated carbocycles. The first kappa shape index (κ1) is 30.4. The van der Waals surface area contributed by atoms with Crippen molar-refractivity contribution >= 4 is 23.7 Å². The van der Waals surface area contributed by atoms with Crippen LogP contribution >= 0.6 is 11.8 Å². The Kier molecular flexibility index (Phi) is 17.1. The first-order valence-electron chi connectivity index (χ1n) is 12.6. The average Bonchev–Trinajstić information content (AvgIpc) is 3.42. The maximum atomic E-state index is 11.9. The molecule has 2 rings (SSSR count). The highest BCUT2D eigenvalue weighted by Crippen LogP contribution is 2.33. The summed E-state index contributed by atoms with van der Waals surface area (Å²) in [7, 11) is 0. The lowest BCUT2D eigenvalue weighted by Gasteiger charge is -2.16. The number of hydrogen-bond donors (Lipinski definition) is 3. The Balaban J connectivity index is 1.24. The monoisotopic (exact) mass is 532 g/mol. The van der Waals surface area contributed by atoms with E-state index < -0.39 is 0 Å². The minimum atomic E-state index is -0.0599. The smallest absolute Gasteiger partial charge is 0.315 e. The fourth-order valence-electron chi connectivity index (χ4n) is 3.76. The van der Waals surface area contributed by atoms with E-state index in [0.717, 1.165) is 25.0 Å². The molecule has 2 saturated heterocycles. The van der Waals surface area contributed by atoms with Crippen LogP contribution < -0.4 is 16.0 Å². The number of carbonyl (C=O) groups is 2.